The Morgan fingerprint density at radius 2 is 1.93 bits per heavy atom. The molecule has 0 spiro atoms. The summed E-state index contributed by atoms with van der Waals surface area (Å²) in [6.45, 7) is 7.58. The lowest BCUT2D eigenvalue weighted by molar-refractivity contribution is -0.139. The topological polar surface area (TPSA) is 75.5 Å². The van der Waals surface area contributed by atoms with Crippen molar-refractivity contribution in [2.75, 3.05) is 0 Å². The van der Waals surface area contributed by atoms with E-state index in [1.54, 1.807) is 18.2 Å². The van der Waals surface area contributed by atoms with Gasteiger partial charge >= 0.3 is 11.8 Å². The number of carbonyl (C=O) groups is 2. The number of halogens is 2. The number of rotatable bonds is 5. The molecule has 0 fully saturated rings. The summed E-state index contributed by atoms with van der Waals surface area (Å²) < 4.78 is 1.95. The molecule has 0 saturated carbocycles. The molecule has 6 nitrogen and oxygen atoms in total. The van der Waals surface area contributed by atoms with Crippen molar-refractivity contribution in [3.8, 4) is 5.69 Å². The molecule has 0 saturated heterocycles. The number of aromatic nitrogens is 1. The van der Waals surface area contributed by atoms with Crippen LogP contribution in [0.1, 0.15) is 37.2 Å². The second kappa shape index (κ2) is 9.06. The van der Waals surface area contributed by atoms with Gasteiger partial charge in [0.1, 0.15) is 0 Å². The van der Waals surface area contributed by atoms with Crippen LogP contribution in [0, 0.1) is 13.8 Å². The second-order valence-electron chi connectivity index (χ2n) is 6.24. The predicted octanol–water partition coefficient (Wildman–Crippen LogP) is 3.77. The van der Waals surface area contributed by atoms with Gasteiger partial charge in [-0.2, -0.15) is 5.10 Å². The number of hydrogen-bond acceptors (Lipinski definition) is 3. The molecule has 1 aromatic heterocycles. The minimum absolute atomic E-state index is 0.0754. The fraction of sp³-hybridized carbons (Fsp3) is 0.316. The van der Waals surface area contributed by atoms with E-state index in [4.69, 9.17) is 23.2 Å². The molecule has 2 rings (SSSR count). The van der Waals surface area contributed by atoms with Gasteiger partial charge in [0.15, 0.2) is 0 Å². The van der Waals surface area contributed by atoms with Crippen LogP contribution in [0.2, 0.25) is 10.0 Å². The Hall–Kier alpha value is -2.31. The molecule has 0 bridgehead atoms. The number of carbonyl (C=O) groups excluding carboxylic acids is 2. The molecule has 0 unspecified atom stereocenters. The maximum Gasteiger partial charge on any atom is 0.329 e. The van der Waals surface area contributed by atoms with Gasteiger partial charge in [0.2, 0.25) is 0 Å². The first-order valence-corrected chi connectivity index (χ1v) is 9.28. The van der Waals surface area contributed by atoms with Crippen molar-refractivity contribution in [2.45, 2.75) is 40.2 Å². The molecule has 0 radical (unpaired) electrons. The summed E-state index contributed by atoms with van der Waals surface area (Å²) >= 11 is 12.4. The lowest BCUT2D eigenvalue weighted by Crippen LogP contribution is -2.41. The van der Waals surface area contributed by atoms with Crippen LogP contribution in [0.5, 0.6) is 0 Å². The van der Waals surface area contributed by atoms with Crippen molar-refractivity contribution < 1.29 is 9.59 Å². The molecular formula is C19H22Cl2N4O2. The monoisotopic (exact) mass is 408 g/mol. The molecule has 144 valence electrons. The number of nitrogens with zero attached hydrogens (tertiary/aromatic N) is 2. The van der Waals surface area contributed by atoms with Gasteiger partial charge in [-0.1, -0.05) is 30.1 Å². The zero-order valence-corrected chi connectivity index (χ0v) is 17.1. The fourth-order valence-electron chi connectivity index (χ4n) is 2.55. The summed E-state index contributed by atoms with van der Waals surface area (Å²) in [4.78, 5) is 23.5. The van der Waals surface area contributed by atoms with Gasteiger partial charge in [0.05, 0.1) is 16.9 Å². The van der Waals surface area contributed by atoms with E-state index in [0.717, 1.165) is 29.1 Å². The summed E-state index contributed by atoms with van der Waals surface area (Å²) in [5, 5.41) is 7.62. The molecule has 8 heteroatoms. The summed E-state index contributed by atoms with van der Waals surface area (Å²) in [7, 11) is 0. The van der Waals surface area contributed by atoms with E-state index in [-0.39, 0.29) is 6.04 Å². The van der Waals surface area contributed by atoms with Crippen molar-refractivity contribution in [1.82, 2.24) is 15.3 Å². The normalized spacial score (nSPS) is 12.2. The van der Waals surface area contributed by atoms with E-state index >= 15 is 0 Å². The third-order valence-corrected chi connectivity index (χ3v) is 4.74. The van der Waals surface area contributed by atoms with E-state index in [9.17, 15) is 9.59 Å². The molecular weight excluding hydrogens is 387 g/mol. The SMILES string of the molecule is CC[C@H](C)NC(=O)C(=O)N/N=C\c1cc(C)n(-c2cc(Cl)ccc2Cl)c1C. The molecule has 0 aliphatic carbocycles. The van der Waals surface area contributed by atoms with E-state index in [2.05, 4.69) is 15.8 Å². The molecule has 1 heterocycles. The minimum Gasteiger partial charge on any atom is -0.345 e. The van der Waals surface area contributed by atoms with E-state index in [1.807, 2.05) is 38.3 Å². The standard InChI is InChI=1S/C19H22Cl2N4O2/c1-5-11(2)23-18(26)19(27)24-22-10-14-8-12(3)25(13(14)4)17-9-15(20)6-7-16(17)21/h6-11H,5H2,1-4H3,(H,23,26)(H,24,27)/b22-10-/t11-/m0/s1. The van der Waals surface area contributed by atoms with Gasteiger partial charge in [-0.25, -0.2) is 5.43 Å². The van der Waals surface area contributed by atoms with Crippen molar-refractivity contribution in [1.29, 1.82) is 0 Å². The summed E-state index contributed by atoms with van der Waals surface area (Å²) in [6, 6.07) is 7.08. The Kier molecular flexibility index (Phi) is 7.05. The number of benzene rings is 1. The largest absolute Gasteiger partial charge is 0.345 e. The highest BCUT2D eigenvalue weighted by Gasteiger charge is 2.15. The van der Waals surface area contributed by atoms with Crippen LogP contribution < -0.4 is 10.7 Å². The Morgan fingerprint density at radius 1 is 1.22 bits per heavy atom. The quantitative estimate of drug-likeness (QED) is 0.448. The Morgan fingerprint density at radius 3 is 2.59 bits per heavy atom. The molecule has 1 atom stereocenters. The average Bonchev–Trinajstić information content (AvgIpc) is 2.90. The van der Waals surface area contributed by atoms with Crippen LogP contribution >= 0.6 is 23.2 Å². The van der Waals surface area contributed by atoms with Crippen molar-refractivity contribution in [2.24, 2.45) is 5.10 Å². The summed E-state index contributed by atoms with van der Waals surface area (Å²) in [5.41, 5.74) is 5.59. The van der Waals surface area contributed by atoms with Gasteiger partial charge in [0.25, 0.3) is 0 Å². The van der Waals surface area contributed by atoms with E-state index < -0.39 is 11.8 Å². The molecule has 27 heavy (non-hydrogen) atoms. The first kappa shape index (κ1) is 21.0. The molecule has 2 amide bonds. The van der Waals surface area contributed by atoms with Gasteiger partial charge in [-0.05, 0) is 51.5 Å². The smallest absolute Gasteiger partial charge is 0.329 e. The predicted molar refractivity (Wildman–Crippen MR) is 109 cm³/mol. The third kappa shape index (κ3) is 5.11. The van der Waals surface area contributed by atoms with Crippen molar-refractivity contribution in [3.05, 3.63) is 51.3 Å². The van der Waals surface area contributed by atoms with E-state index in [0.29, 0.717) is 10.0 Å². The number of nitrogens with one attached hydrogen (secondary N) is 2. The fourth-order valence-corrected chi connectivity index (χ4v) is 2.92. The zero-order chi connectivity index (χ0) is 20.1. The molecule has 2 N–H and O–H groups in total. The lowest BCUT2D eigenvalue weighted by atomic mass is 10.2. The zero-order valence-electron chi connectivity index (χ0n) is 15.6. The second-order valence-corrected chi connectivity index (χ2v) is 7.08. The number of amides is 2. The minimum atomic E-state index is -0.807. The molecule has 0 aliphatic heterocycles. The number of hydrazone groups is 1. The first-order chi connectivity index (χ1) is 12.7. The lowest BCUT2D eigenvalue weighted by Gasteiger charge is -2.12. The Bertz CT molecular complexity index is 890. The average molecular weight is 409 g/mol. The maximum absolute atomic E-state index is 11.8. The van der Waals surface area contributed by atoms with Crippen LogP contribution in [0.3, 0.4) is 0 Å². The van der Waals surface area contributed by atoms with Crippen LogP contribution in [-0.2, 0) is 9.59 Å². The summed E-state index contributed by atoms with van der Waals surface area (Å²) in [6.07, 6.45) is 2.23. The van der Waals surface area contributed by atoms with E-state index in [1.165, 1.54) is 6.21 Å². The van der Waals surface area contributed by atoms with Gasteiger partial charge in [0, 0.05) is 28.0 Å². The maximum atomic E-state index is 11.8. The molecule has 0 aliphatic rings. The van der Waals surface area contributed by atoms with Gasteiger partial charge in [-0.15, -0.1) is 0 Å². The highest BCUT2D eigenvalue weighted by atomic mass is 35.5. The van der Waals surface area contributed by atoms with Crippen LogP contribution in [0.4, 0.5) is 0 Å². The molecule has 2 aromatic rings. The highest BCUT2D eigenvalue weighted by molar-refractivity contribution is 6.35. The third-order valence-electron chi connectivity index (χ3n) is 4.19. The molecule has 1 aromatic carbocycles. The number of hydrogen-bond donors (Lipinski definition) is 2. The summed E-state index contributed by atoms with van der Waals surface area (Å²) in [5.74, 6) is -1.52. The van der Waals surface area contributed by atoms with Crippen LogP contribution in [-0.4, -0.2) is 28.6 Å². The van der Waals surface area contributed by atoms with Crippen molar-refractivity contribution in [3.63, 3.8) is 0 Å². The van der Waals surface area contributed by atoms with Gasteiger partial charge < -0.3 is 9.88 Å². The Balaban J connectivity index is 2.17. The first-order valence-electron chi connectivity index (χ1n) is 8.52. The van der Waals surface area contributed by atoms with Crippen LogP contribution in [0.15, 0.2) is 29.4 Å². The number of aryl methyl sites for hydroxylation is 1. The van der Waals surface area contributed by atoms with Crippen LogP contribution in [0.25, 0.3) is 5.69 Å². The highest BCUT2D eigenvalue weighted by Crippen LogP contribution is 2.28. The Labute approximate surface area is 168 Å². The van der Waals surface area contributed by atoms with Crippen molar-refractivity contribution >= 4 is 41.2 Å². The van der Waals surface area contributed by atoms with Gasteiger partial charge in [-0.3, -0.25) is 9.59 Å².